The van der Waals surface area contributed by atoms with Crippen molar-refractivity contribution in [3.05, 3.63) is 106 Å². The normalized spacial score (nSPS) is 10.6. The number of nitro groups is 1. The second kappa shape index (κ2) is 9.80. The topological polar surface area (TPSA) is 93.8 Å². The molecule has 3 rings (SSSR count). The summed E-state index contributed by atoms with van der Waals surface area (Å²) in [5.41, 5.74) is 4.50. The van der Waals surface area contributed by atoms with E-state index in [-0.39, 0.29) is 12.1 Å². The van der Waals surface area contributed by atoms with Crippen molar-refractivity contribution in [2.24, 2.45) is 5.10 Å². The van der Waals surface area contributed by atoms with Gasteiger partial charge in [0, 0.05) is 11.6 Å². The minimum Gasteiger partial charge on any atom is -0.489 e. The molecule has 1 amide bonds. The number of para-hydroxylation sites is 1. The smallest absolute Gasteiger partial charge is 0.273 e. The second-order valence-corrected chi connectivity index (χ2v) is 6.20. The highest BCUT2D eigenvalue weighted by Gasteiger charge is 2.14. The number of rotatable bonds is 8. The van der Waals surface area contributed by atoms with Crippen LogP contribution in [0.15, 0.2) is 84.0 Å². The molecule has 0 radical (unpaired) electrons. The fourth-order valence-corrected chi connectivity index (χ4v) is 2.62. The van der Waals surface area contributed by atoms with Gasteiger partial charge in [-0.15, -0.1) is 0 Å². The Labute approximate surface area is 167 Å². The number of nitro benzene ring substituents is 1. The van der Waals surface area contributed by atoms with Crippen LogP contribution in [-0.4, -0.2) is 17.0 Å². The molecule has 3 aromatic carbocycles. The number of ether oxygens (including phenoxy) is 1. The lowest BCUT2D eigenvalue weighted by atomic mass is 10.1. The quantitative estimate of drug-likeness (QED) is 0.359. The van der Waals surface area contributed by atoms with Gasteiger partial charge < -0.3 is 4.74 Å². The Kier molecular flexibility index (Phi) is 6.67. The molecule has 7 nitrogen and oxygen atoms in total. The summed E-state index contributed by atoms with van der Waals surface area (Å²) in [4.78, 5) is 22.5. The number of amides is 1. The number of hydrogen-bond donors (Lipinski definition) is 1. The molecule has 7 heteroatoms. The van der Waals surface area contributed by atoms with E-state index in [2.05, 4.69) is 10.5 Å². The highest BCUT2D eigenvalue weighted by atomic mass is 16.6. The van der Waals surface area contributed by atoms with Gasteiger partial charge in [0.15, 0.2) is 0 Å². The van der Waals surface area contributed by atoms with Crippen LogP contribution >= 0.6 is 0 Å². The lowest BCUT2D eigenvalue weighted by molar-refractivity contribution is -0.385. The molecule has 0 bridgehead atoms. The summed E-state index contributed by atoms with van der Waals surface area (Å²) in [7, 11) is 0. The molecule has 3 aromatic rings. The summed E-state index contributed by atoms with van der Waals surface area (Å²) in [6, 6.07) is 23.3. The van der Waals surface area contributed by atoms with E-state index in [1.165, 1.54) is 12.3 Å². The van der Waals surface area contributed by atoms with Gasteiger partial charge in [0.1, 0.15) is 12.4 Å². The molecule has 0 aliphatic carbocycles. The van der Waals surface area contributed by atoms with Crippen LogP contribution in [0.3, 0.4) is 0 Å². The minimum atomic E-state index is -0.507. The molecule has 0 heterocycles. The molecular formula is C22H19N3O4. The lowest BCUT2D eigenvalue weighted by Gasteiger charge is -2.06. The van der Waals surface area contributed by atoms with Gasteiger partial charge in [-0.3, -0.25) is 14.9 Å². The van der Waals surface area contributed by atoms with E-state index in [1.807, 2.05) is 54.6 Å². The molecular weight excluding hydrogens is 370 g/mol. The third-order valence-corrected chi connectivity index (χ3v) is 4.07. The zero-order valence-electron chi connectivity index (χ0n) is 15.5. The van der Waals surface area contributed by atoms with Crippen LogP contribution in [0.2, 0.25) is 0 Å². The number of nitrogens with one attached hydrogen (secondary N) is 1. The molecule has 0 atom stereocenters. The first-order valence-corrected chi connectivity index (χ1v) is 8.93. The molecule has 0 spiro atoms. The number of carbonyl (C=O) groups is 1. The summed E-state index contributed by atoms with van der Waals surface area (Å²) in [5, 5.41) is 14.9. The number of hydrazone groups is 1. The highest BCUT2D eigenvalue weighted by molar-refractivity contribution is 5.83. The summed E-state index contributed by atoms with van der Waals surface area (Å²) in [6.07, 6.45) is 1.37. The zero-order valence-corrected chi connectivity index (χ0v) is 15.5. The largest absolute Gasteiger partial charge is 0.489 e. The van der Waals surface area contributed by atoms with E-state index in [9.17, 15) is 14.9 Å². The fourth-order valence-electron chi connectivity index (χ4n) is 2.62. The molecule has 29 heavy (non-hydrogen) atoms. The first-order chi connectivity index (χ1) is 14.1. The molecule has 1 N–H and O–H groups in total. The van der Waals surface area contributed by atoms with Crippen LogP contribution in [0.4, 0.5) is 5.69 Å². The van der Waals surface area contributed by atoms with Gasteiger partial charge in [0.25, 0.3) is 5.69 Å². The van der Waals surface area contributed by atoms with Crippen LogP contribution in [0, 0.1) is 10.1 Å². The van der Waals surface area contributed by atoms with Gasteiger partial charge in [-0.05, 0) is 35.4 Å². The maximum absolute atomic E-state index is 12.0. The molecule has 146 valence electrons. The Balaban J connectivity index is 1.50. The Morgan fingerprint density at radius 3 is 2.41 bits per heavy atom. The van der Waals surface area contributed by atoms with Gasteiger partial charge in [-0.2, -0.15) is 5.10 Å². The van der Waals surface area contributed by atoms with Crippen LogP contribution in [0.5, 0.6) is 5.75 Å². The molecule has 0 aliphatic heterocycles. The predicted molar refractivity (Wildman–Crippen MR) is 110 cm³/mol. The molecule has 0 saturated heterocycles. The summed E-state index contributed by atoms with van der Waals surface area (Å²) >= 11 is 0. The van der Waals surface area contributed by atoms with Crippen molar-refractivity contribution in [1.82, 2.24) is 5.43 Å². The van der Waals surface area contributed by atoms with E-state index in [0.29, 0.717) is 12.2 Å². The lowest BCUT2D eigenvalue weighted by Crippen LogP contribution is -2.20. The summed E-state index contributed by atoms with van der Waals surface area (Å²) in [5.74, 6) is 0.296. The minimum absolute atomic E-state index is 0.0854. The first-order valence-electron chi connectivity index (χ1n) is 8.93. The van der Waals surface area contributed by atoms with Gasteiger partial charge >= 0.3 is 0 Å². The van der Waals surface area contributed by atoms with Gasteiger partial charge in [-0.1, -0.05) is 48.5 Å². The Hall–Kier alpha value is -4.00. The number of benzene rings is 3. The van der Waals surface area contributed by atoms with E-state index in [4.69, 9.17) is 4.74 Å². The fraction of sp³-hybridized carbons (Fsp3) is 0.0909. The van der Waals surface area contributed by atoms with Crippen molar-refractivity contribution < 1.29 is 14.5 Å². The van der Waals surface area contributed by atoms with Crippen molar-refractivity contribution in [1.29, 1.82) is 0 Å². The molecule has 0 aliphatic rings. The number of nitrogens with zero attached hydrogens (tertiary/aromatic N) is 2. The average molecular weight is 389 g/mol. The molecule has 0 saturated carbocycles. The van der Waals surface area contributed by atoms with E-state index < -0.39 is 10.8 Å². The Bertz CT molecular complexity index is 1000. The van der Waals surface area contributed by atoms with Gasteiger partial charge in [0.05, 0.1) is 17.6 Å². The van der Waals surface area contributed by atoms with Crippen molar-refractivity contribution in [2.75, 3.05) is 0 Å². The maximum Gasteiger partial charge on any atom is 0.273 e. The first kappa shape index (κ1) is 19.8. The second-order valence-electron chi connectivity index (χ2n) is 6.20. The number of hydrogen-bond acceptors (Lipinski definition) is 5. The predicted octanol–water partition coefficient (Wildman–Crippen LogP) is 3.87. The molecule has 0 aromatic heterocycles. The SMILES string of the molecule is O=C(Cc1ccccc1[N+](=O)[O-])N/N=C/c1ccc(OCc2ccccc2)cc1. The third-order valence-electron chi connectivity index (χ3n) is 4.07. The van der Waals surface area contributed by atoms with Gasteiger partial charge in [0.2, 0.25) is 5.91 Å². The maximum atomic E-state index is 12.0. The van der Waals surface area contributed by atoms with E-state index in [1.54, 1.807) is 18.2 Å². The molecule has 0 unspecified atom stereocenters. The monoisotopic (exact) mass is 389 g/mol. The zero-order chi connectivity index (χ0) is 20.5. The number of carbonyl (C=O) groups excluding carboxylic acids is 1. The highest BCUT2D eigenvalue weighted by Crippen LogP contribution is 2.18. The van der Waals surface area contributed by atoms with Crippen LogP contribution < -0.4 is 10.2 Å². The van der Waals surface area contributed by atoms with Crippen molar-refractivity contribution >= 4 is 17.8 Å². The van der Waals surface area contributed by atoms with E-state index in [0.717, 1.165) is 16.9 Å². The van der Waals surface area contributed by atoms with Crippen LogP contribution in [0.25, 0.3) is 0 Å². The van der Waals surface area contributed by atoms with Crippen molar-refractivity contribution in [3.63, 3.8) is 0 Å². The Morgan fingerprint density at radius 2 is 1.69 bits per heavy atom. The van der Waals surface area contributed by atoms with Gasteiger partial charge in [-0.25, -0.2) is 5.43 Å². The standard InChI is InChI=1S/C22H19N3O4/c26-22(14-19-8-4-5-9-21(19)25(27)28)24-23-15-17-10-12-20(13-11-17)29-16-18-6-2-1-3-7-18/h1-13,15H,14,16H2,(H,24,26)/b23-15+. The average Bonchev–Trinajstić information content (AvgIpc) is 2.74. The van der Waals surface area contributed by atoms with Crippen LogP contribution in [0.1, 0.15) is 16.7 Å². The van der Waals surface area contributed by atoms with Crippen LogP contribution in [-0.2, 0) is 17.8 Å². The van der Waals surface area contributed by atoms with Crippen molar-refractivity contribution in [3.8, 4) is 5.75 Å². The third kappa shape index (κ3) is 6.00. The summed E-state index contributed by atoms with van der Waals surface area (Å²) < 4.78 is 5.72. The van der Waals surface area contributed by atoms with Crippen molar-refractivity contribution in [2.45, 2.75) is 13.0 Å². The summed E-state index contributed by atoms with van der Waals surface area (Å²) in [6.45, 7) is 0.482. The Morgan fingerprint density at radius 1 is 1.00 bits per heavy atom. The van der Waals surface area contributed by atoms with E-state index >= 15 is 0 Å². The molecule has 0 fully saturated rings.